The van der Waals surface area contributed by atoms with Crippen LogP contribution in [0.15, 0.2) is 29.2 Å². The van der Waals surface area contributed by atoms with Crippen LogP contribution in [0.2, 0.25) is 0 Å². The topological polar surface area (TPSA) is 58.9 Å². The third kappa shape index (κ3) is 4.78. The van der Waals surface area contributed by atoms with E-state index in [4.69, 9.17) is 8.92 Å². The zero-order chi connectivity index (χ0) is 14.5. The highest BCUT2D eigenvalue weighted by atomic mass is 32.3. The minimum absolute atomic E-state index is 0.320. The fourth-order valence-corrected chi connectivity index (χ4v) is 2.87. The van der Waals surface area contributed by atoms with E-state index in [1.165, 1.54) is 5.56 Å². The molecule has 19 heavy (non-hydrogen) atoms. The van der Waals surface area contributed by atoms with Gasteiger partial charge in [-0.05, 0) is 37.0 Å². The molecule has 0 aliphatic rings. The van der Waals surface area contributed by atoms with Gasteiger partial charge in [-0.1, -0.05) is 26.0 Å². The molecular formula is C14H24O4S. The molecule has 2 atom stereocenters. The zero-order valence-corrected chi connectivity index (χ0v) is 12.8. The molecule has 0 fully saturated rings. The van der Waals surface area contributed by atoms with Crippen LogP contribution in [0.1, 0.15) is 38.7 Å². The Balaban J connectivity index is 2.78. The van der Waals surface area contributed by atoms with Gasteiger partial charge in [0.2, 0.25) is 0 Å². The first kappa shape index (κ1) is 16.5. The third-order valence-electron chi connectivity index (χ3n) is 3.07. The summed E-state index contributed by atoms with van der Waals surface area (Å²) >= 11 is 0. The van der Waals surface area contributed by atoms with Gasteiger partial charge < -0.3 is 13.8 Å². The minimum Gasteiger partial charge on any atom is -0.382 e. The summed E-state index contributed by atoms with van der Waals surface area (Å²) in [6, 6.07) is 7.27. The van der Waals surface area contributed by atoms with Crippen LogP contribution in [0, 0.1) is 0 Å². The van der Waals surface area contributed by atoms with Crippen molar-refractivity contribution in [2.24, 2.45) is 0 Å². The number of hydrogen-bond acceptors (Lipinski definition) is 4. The van der Waals surface area contributed by atoms with Gasteiger partial charge in [0.1, 0.15) is 10.9 Å². The van der Waals surface area contributed by atoms with Gasteiger partial charge in [0.05, 0.1) is 17.6 Å². The Labute approximate surface area is 117 Å². The molecule has 1 rings (SSSR count). The van der Waals surface area contributed by atoms with Crippen molar-refractivity contribution in [1.82, 2.24) is 0 Å². The predicted molar refractivity (Wildman–Crippen MR) is 78.7 cm³/mol. The summed E-state index contributed by atoms with van der Waals surface area (Å²) in [6.45, 7) is 6.33. The van der Waals surface area contributed by atoms with Gasteiger partial charge in [0.15, 0.2) is 0 Å². The molecule has 0 aliphatic carbocycles. The highest BCUT2D eigenvalue weighted by Gasteiger charge is 2.24. The Kier molecular flexibility index (Phi) is 6.29. The van der Waals surface area contributed by atoms with E-state index in [2.05, 4.69) is 13.8 Å². The first-order valence-corrected chi connectivity index (χ1v) is 7.93. The molecule has 1 aromatic carbocycles. The molecule has 0 spiro atoms. The molecule has 0 heterocycles. The van der Waals surface area contributed by atoms with Crippen LogP contribution in [-0.2, 0) is 8.92 Å². The molecule has 2 unspecified atom stereocenters. The molecule has 0 saturated carbocycles. The van der Waals surface area contributed by atoms with Crippen LogP contribution in [-0.4, -0.2) is 28.9 Å². The summed E-state index contributed by atoms with van der Waals surface area (Å²) in [5.74, 6) is 0.462. The van der Waals surface area contributed by atoms with E-state index >= 15 is 0 Å². The Morgan fingerprint density at radius 2 is 1.74 bits per heavy atom. The summed E-state index contributed by atoms with van der Waals surface area (Å²) in [4.78, 5) is 0.405. The van der Waals surface area contributed by atoms with E-state index in [1.54, 1.807) is 26.2 Å². The van der Waals surface area contributed by atoms with Gasteiger partial charge in [0, 0.05) is 7.11 Å². The molecule has 0 aromatic heterocycles. The predicted octanol–water partition coefficient (Wildman–Crippen LogP) is 4.28. The lowest BCUT2D eigenvalue weighted by atomic mass is 9.99. The van der Waals surface area contributed by atoms with Crippen molar-refractivity contribution in [1.29, 1.82) is 0 Å². The molecule has 110 valence electrons. The van der Waals surface area contributed by atoms with Crippen LogP contribution < -0.4 is 0 Å². The molecule has 0 aliphatic heterocycles. The van der Waals surface area contributed by atoms with E-state index in [1.807, 2.05) is 12.1 Å². The third-order valence-corrected chi connectivity index (χ3v) is 4.55. The van der Waals surface area contributed by atoms with Crippen LogP contribution in [0.5, 0.6) is 0 Å². The SMILES string of the molecule is CCC(C)c1ccc(S(O)(O)OC(C)COC)cc1. The molecule has 4 nitrogen and oxygen atoms in total. The van der Waals surface area contributed by atoms with Crippen molar-refractivity contribution in [2.75, 3.05) is 13.7 Å². The van der Waals surface area contributed by atoms with Gasteiger partial charge in [0.25, 0.3) is 0 Å². The second-order valence-corrected chi connectivity index (χ2v) is 6.39. The maximum atomic E-state index is 10.0. The quantitative estimate of drug-likeness (QED) is 0.786. The maximum Gasteiger partial charge on any atom is 0.115 e. The van der Waals surface area contributed by atoms with Gasteiger partial charge in [-0.2, -0.15) is 0 Å². The fourth-order valence-electron chi connectivity index (χ4n) is 1.76. The monoisotopic (exact) mass is 288 g/mol. The fraction of sp³-hybridized carbons (Fsp3) is 0.571. The molecule has 0 bridgehead atoms. The van der Waals surface area contributed by atoms with Gasteiger partial charge >= 0.3 is 0 Å². The normalized spacial score (nSPS) is 16.1. The van der Waals surface area contributed by atoms with Crippen LogP contribution in [0.25, 0.3) is 0 Å². The molecule has 0 amide bonds. The Bertz CT molecular complexity index is 378. The standard InChI is InChI=1S/C14H24O4S/c1-5-11(2)13-6-8-14(9-7-13)19(15,16)18-12(3)10-17-4/h6-9,11-12,15-16H,5,10H2,1-4H3. The summed E-state index contributed by atoms with van der Waals surface area (Å²) in [6.07, 6.45) is 0.681. The van der Waals surface area contributed by atoms with E-state index in [9.17, 15) is 9.11 Å². The lowest BCUT2D eigenvalue weighted by Gasteiger charge is -2.29. The molecule has 1 aromatic rings. The number of benzene rings is 1. The number of rotatable bonds is 7. The first-order chi connectivity index (χ1) is 8.90. The van der Waals surface area contributed by atoms with Gasteiger partial charge in [-0.25, -0.2) is 0 Å². The largest absolute Gasteiger partial charge is 0.382 e. The summed E-state index contributed by atoms with van der Waals surface area (Å²) in [5.41, 5.74) is 1.19. The summed E-state index contributed by atoms with van der Waals surface area (Å²) < 4.78 is 30.2. The summed E-state index contributed by atoms with van der Waals surface area (Å²) in [5, 5.41) is 0. The second-order valence-electron chi connectivity index (χ2n) is 4.74. The van der Waals surface area contributed by atoms with Crippen molar-refractivity contribution < 1.29 is 18.0 Å². The number of hydrogen-bond donors (Lipinski definition) is 2. The van der Waals surface area contributed by atoms with Gasteiger partial charge in [-0.3, -0.25) is 4.18 Å². The van der Waals surface area contributed by atoms with Crippen LogP contribution in [0.4, 0.5) is 0 Å². The van der Waals surface area contributed by atoms with E-state index < -0.39 is 10.9 Å². The summed E-state index contributed by atoms with van der Waals surface area (Å²) in [7, 11) is -1.66. The highest BCUT2D eigenvalue weighted by Crippen LogP contribution is 2.50. The molecule has 0 saturated heterocycles. The lowest BCUT2D eigenvalue weighted by molar-refractivity contribution is 0.0854. The maximum absolute atomic E-state index is 10.0. The van der Waals surface area contributed by atoms with E-state index in [0.29, 0.717) is 17.4 Å². The van der Waals surface area contributed by atoms with Crippen LogP contribution in [0.3, 0.4) is 0 Å². The molecule has 2 N–H and O–H groups in total. The van der Waals surface area contributed by atoms with Crippen LogP contribution >= 0.6 is 10.9 Å². The minimum atomic E-state index is -3.21. The second kappa shape index (κ2) is 7.26. The smallest absolute Gasteiger partial charge is 0.115 e. The van der Waals surface area contributed by atoms with Crippen molar-refractivity contribution in [3.05, 3.63) is 29.8 Å². The van der Waals surface area contributed by atoms with Gasteiger partial charge in [-0.15, -0.1) is 0 Å². The average molecular weight is 288 g/mol. The Hall–Kier alpha value is -0.590. The first-order valence-electron chi connectivity index (χ1n) is 6.46. The van der Waals surface area contributed by atoms with Crippen molar-refractivity contribution in [3.63, 3.8) is 0 Å². The van der Waals surface area contributed by atoms with Crippen molar-refractivity contribution >= 4 is 10.9 Å². The molecular weight excluding hydrogens is 264 g/mol. The zero-order valence-electron chi connectivity index (χ0n) is 12.0. The van der Waals surface area contributed by atoms with E-state index in [-0.39, 0.29) is 6.10 Å². The average Bonchev–Trinajstić information content (AvgIpc) is 2.37. The van der Waals surface area contributed by atoms with Crippen molar-refractivity contribution in [2.45, 2.75) is 44.1 Å². The lowest BCUT2D eigenvalue weighted by Crippen LogP contribution is -2.18. The Morgan fingerprint density at radius 3 is 2.21 bits per heavy atom. The number of ether oxygens (including phenoxy) is 1. The number of methoxy groups -OCH3 is 1. The van der Waals surface area contributed by atoms with Crippen molar-refractivity contribution in [3.8, 4) is 0 Å². The Morgan fingerprint density at radius 1 is 1.16 bits per heavy atom. The highest BCUT2D eigenvalue weighted by molar-refractivity contribution is 8.20. The van der Waals surface area contributed by atoms with E-state index in [0.717, 1.165) is 6.42 Å². The molecule has 0 radical (unpaired) electrons. The molecule has 5 heteroatoms.